The number of rotatable bonds is 5. The first-order valence-corrected chi connectivity index (χ1v) is 8.36. The molecule has 0 aliphatic heterocycles. The molecule has 0 bridgehead atoms. The fourth-order valence-electron chi connectivity index (χ4n) is 3.12. The van der Waals surface area contributed by atoms with E-state index in [0.717, 1.165) is 30.6 Å². The number of hydrogen-bond donors (Lipinski definition) is 1. The van der Waals surface area contributed by atoms with Gasteiger partial charge in [0.05, 0.1) is 5.56 Å². The first-order valence-electron chi connectivity index (χ1n) is 7.95. The number of thiocarbonyl (C=S) groups is 1. The number of aryl methyl sites for hydroxylation is 2. The number of fused-ring (bicyclic) bond motifs is 1. The minimum Gasteiger partial charge on any atom is -0.389 e. The molecule has 1 aliphatic rings. The highest BCUT2D eigenvalue weighted by Gasteiger charge is 2.21. The molecule has 1 aromatic rings. The van der Waals surface area contributed by atoms with Crippen LogP contribution >= 0.6 is 12.2 Å². The Hall–Kier alpha value is -1.16. The van der Waals surface area contributed by atoms with Gasteiger partial charge in [0.15, 0.2) is 0 Å². The lowest BCUT2D eigenvalue weighted by molar-refractivity contribution is 0.501. The molecule has 0 spiro atoms. The average molecular weight is 305 g/mol. The molecule has 1 heterocycles. The molecule has 1 unspecified atom stereocenters. The number of nitrogens with two attached hydrogens (primary N) is 1. The van der Waals surface area contributed by atoms with Crippen LogP contribution < -0.4 is 10.6 Å². The third kappa shape index (κ3) is 3.73. The second-order valence-corrected chi connectivity index (χ2v) is 7.07. The van der Waals surface area contributed by atoms with Gasteiger partial charge >= 0.3 is 0 Å². The van der Waals surface area contributed by atoms with Crippen LogP contribution in [0.15, 0.2) is 6.07 Å². The lowest BCUT2D eigenvalue weighted by atomic mass is 9.94. The third-order valence-corrected chi connectivity index (χ3v) is 4.57. The lowest BCUT2D eigenvalue weighted by Gasteiger charge is -2.30. The van der Waals surface area contributed by atoms with Gasteiger partial charge in [-0.3, -0.25) is 0 Å². The van der Waals surface area contributed by atoms with Gasteiger partial charge in [-0.2, -0.15) is 0 Å². The molecule has 0 aromatic carbocycles. The largest absolute Gasteiger partial charge is 0.389 e. The second kappa shape index (κ2) is 6.73. The average Bonchev–Trinajstić information content (AvgIpc) is 2.44. The minimum absolute atomic E-state index is 0.423. The summed E-state index contributed by atoms with van der Waals surface area (Å²) in [4.78, 5) is 7.61. The predicted molar refractivity (Wildman–Crippen MR) is 94.1 cm³/mol. The summed E-state index contributed by atoms with van der Waals surface area (Å²) in [5, 5.41) is 0. The van der Waals surface area contributed by atoms with Gasteiger partial charge in [-0.05, 0) is 56.6 Å². The molecule has 2 rings (SSSR count). The van der Waals surface area contributed by atoms with Crippen molar-refractivity contribution in [1.82, 2.24) is 4.98 Å². The summed E-state index contributed by atoms with van der Waals surface area (Å²) < 4.78 is 0. The maximum atomic E-state index is 5.95. The molecular weight excluding hydrogens is 278 g/mol. The maximum Gasteiger partial charge on any atom is 0.139 e. The van der Waals surface area contributed by atoms with Crippen molar-refractivity contribution in [2.75, 3.05) is 11.9 Å². The highest BCUT2D eigenvalue weighted by molar-refractivity contribution is 7.80. The van der Waals surface area contributed by atoms with Crippen LogP contribution in [0.4, 0.5) is 5.82 Å². The Balaban J connectivity index is 2.38. The van der Waals surface area contributed by atoms with E-state index in [4.69, 9.17) is 22.9 Å². The Bertz CT molecular complexity index is 525. The zero-order valence-electron chi connectivity index (χ0n) is 13.6. The van der Waals surface area contributed by atoms with Crippen molar-refractivity contribution in [1.29, 1.82) is 0 Å². The predicted octanol–water partition coefficient (Wildman–Crippen LogP) is 3.47. The van der Waals surface area contributed by atoms with E-state index in [1.807, 2.05) is 0 Å². The molecule has 0 radical (unpaired) electrons. The molecule has 0 amide bonds. The molecule has 0 fully saturated rings. The van der Waals surface area contributed by atoms with E-state index in [-0.39, 0.29) is 0 Å². The van der Waals surface area contributed by atoms with Gasteiger partial charge in [0.25, 0.3) is 0 Å². The van der Waals surface area contributed by atoms with E-state index in [0.29, 0.717) is 16.9 Å². The summed E-state index contributed by atoms with van der Waals surface area (Å²) in [5.41, 5.74) is 9.45. The smallest absolute Gasteiger partial charge is 0.139 e. The van der Waals surface area contributed by atoms with E-state index in [2.05, 4.69) is 38.8 Å². The first-order chi connectivity index (χ1) is 9.90. The monoisotopic (exact) mass is 305 g/mol. The Morgan fingerprint density at radius 3 is 2.62 bits per heavy atom. The summed E-state index contributed by atoms with van der Waals surface area (Å²) in [6.45, 7) is 6.74. The zero-order valence-corrected chi connectivity index (χ0v) is 14.5. The van der Waals surface area contributed by atoms with Gasteiger partial charge in [-0.15, -0.1) is 0 Å². The summed E-state index contributed by atoms with van der Waals surface area (Å²) in [6.07, 6.45) is 5.78. The van der Waals surface area contributed by atoms with Gasteiger partial charge in [0, 0.05) is 18.8 Å². The van der Waals surface area contributed by atoms with E-state index in [9.17, 15) is 0 Å². The van der Waals surface area contributed by atoms with Gasteiger partial charge < -0.3 is 10.6 Å². The van der Waals surface area contributed by atoms with Crippen molar-refractivity contribution < 1.29 is 0 Å². The van der Waals surface area contributed by atoms with Crippen LogP contribution in [0.5, 0.6) is 0 Å². The Morgan fingerprint density at radius 1 is 1.33 bits per heavy atom. The van der Waals surface area contributed by atoms with Crippen LogP contribution in [-0.2, 0) is 12.8 Å². The highest BCUT2D eigenvalue weighted by atomic mass is 32.1. The topological polar surface area (TPSA) is 42.2 Å². The van der Waals surface area contributed by atoms with Crippen LogP contribution in [0, 0.1) is 5.92 Å². The van der Waals surface area contributed by atoms with E-state index in [1.165, 1.54) is 24.1 Å². The molecule has 21 heavy (non-hydrogen) atoms. The van der Waals surface area contributed by atoms with Crippen molar-refractivity contribution in [3.63, 3.8) is 0 Å². The molecule has 0 saturated carbocycles. The number of pyridine rings is 1. The number of aromatic nitrogens is 1. The van der Waals surface area contributed by atoms with E-state index in [1.54, 1.807) is 0 Å². The van der Waals surface area contributed by atoms with E-state index >= 15 is 0 Å². The Labute approximate surface area is 133 Å². The number of hydrogen-bond acceptors (Lipinski definition) is 3. The SMILES string of the molecule is CC(C)CC(C)N(C)c1nc2c(cc1C(N)=S)CCCC2. The van der Waals surface area contributed by atoms with Crippen molar-refractivity contribution in [3.05, 3.63) is 22.9 Å². The molecule has 1 atom stereocenters. The fraction of sp³-hybridized carbons (Fsp3) is 0.647. The summed E-state index contributed by atoms with van der Waals surface area (Å²) in [7, 11) is 2.10. The summed E-state index contributed by atoms with van der Waals surface area (Å²) in [5.74, 6) is 1.62. The zero-order chi connectivity index (χ0) is 15.6. The second-order valence-electron chi connectivity index (χ2n) is 6.63. The molecule has 0 saturated heterocycles. The fourth-order valence-corrected chi connectivity index (χ4v) is 3.27. The van der Waals surface area contributed by atoms with E-state index < -0.39 is 0 Å². The van der Waals surface area contributed by atoms with Crippen molar-refractivity contribution >= 4 is 23.0 Å². The number of anilines is 1. The van der Waals surface area contributed by atoms with Gasteiger partial charge in [-0.1, -0.05) is 26.1 Å². The van der Waals surface area contributed by atoms with Gasteiger partial charge in [0.1, 0.15) is 10.8 Å². The summed E-state index contributed by atoms with van der Waals surface area (Å²) in [6, 6.07) is 2.60. The van der Waals surface area contributed by atoms with Crippen LogP contribution in [0.25, 0.3) is 0 Å². The molecule has 116 valence electrons. The molecule has 2 N–H and O–H groups in total. The third-order valence-electron chi connectivity index (χ3n) is 4.35. The normalized spacial score (nSPS) is 15.7. The maximum absolute atomic E-state index is 5.95. The lowest BCUT2D eigenvalue weighted by Crippen LogP contribution is -2.33. The Kier molecular flexibility index (Phi) is 5.20. The van der Waals surface area contributed by atoms with Crippen molar-refractivity contribution in [3.8, 4) is 0 Å². The van der Waals surface area contributed by atoms with Crippen LogP contribution in [-0.4, -0.2) is 23.1 Å². The molecule has 1 aromatic heterocycles. The van der Waals surface area contributed by atoms with Crippen LogP contribution in [0.1, 0.15) is 56.9 Å². The van der Waals surface area contributed by atoms with Gasteiger partial charge in [0.2, 0.25) is 0 Å². The van der Waals surface area contributed by atoms with Gasteiger partial charge in [-0.25, -0.2) is 4.98 Å². The quantitative estimate of drug-likeness (QED) is 0.846. The van der Waals surface area contributed by atoms with Crippen LogP contribution in [0.3, 0.4) is 0 Å². The minimum atomic E-state index is 0.423. The Morgan fingerprint density at radius 2 is 2.00 bits per heavy atom. The molecule has 4 heteroatoms. The first kappa shape index (κ1) is 16.2. The summed E-state index contributed by atoms with van der Waals surface area (Å²) >= 11 is 5.26. The standard InChI is InChI=1S/C17H27N3S/c1-11(2)9-12(3)20(4)17-14(16(18)21)10-13-7-5-6-8-15(13)19-17/h10-12H,5-9H2,1-4H3,(H2,18,21). The highest BCUT2D eigenvalue weighted by Crippen LogP contribution is 2.28. The number of nitrogens with zero attached hydrogens (tertiary/aromatic N) is 2. The molecule has 3 nitrogen and oxygen atoms in total. The van der Waals surface area contributed by atoms with Crippen LogP contribution in [0.2, 0.25) is 0 Å². The molecule has 1 aliphatic carbocycles. The van der Waals surface area contributed by atoms with Crippen molar-refractivity contribution in [2.24, 2.45) is 11.7 Å². The molecular formula is C17H27N3S. The van der Waals surface area contributed by atoms with Crippen molar-refractivity contribution in [2.45, 2.75) is 58.9 Å².